The molecule has 0 saturated heterocycles. The van der Waals surface area contributed by atoms with E-state index in [-0.39, 0.29) is 23.3 Å². The Morgan fingerprint density at radius 1 is 1.08 bits per heavy atom. The Morgan fingerprint density at radius 3 is 2.78 bits per heavy atom. The van der Waals surface area contributed by atoms with Crippen molar-refractivity contribution >= 4 is 52.4 Å². The van der Waals surface area contributed by atoms with Crippen LogP contribution in [0.25, 0.3) is 23.1 Å². The molecule has 1 amide bonds. The largest absolute Gasteiger partial charge is 0.409 e. The number of nitrogens with one attached hydrogen (secondary N) is 3. The van der Waals surface area contributed by atoms with Crippen molar-refractivity contribution in [1.82, 2.24) is 25.1 Å². The zero-order chi connectivity index (χ0) is 24.9. The van der Waals surface area contributed by atoms with E-state index in [2.05, 4.69) is 35.6 Å². The maximum atomic E-state index is 13.0. The summed E-state index contributed by atoms with van der Waals surface area (Å²) in [5, 5.41) is 23.1. The first-order chi connectivity index (χ1) is 17.6. The van der Waals surface area contributed by atoms with E-state index in [0.29, 0.717) is 5.56 Å². The van der Waals surface area contributed by atoms with Crippen molar-refractivity contribution in [2.45, 2.75) is 9.79 Å². The van der Waals surface area contributed by atoms with Crippen molar-refractivity contribution in [2.75, 3.05) is 5.32 Å². The van der Waals surface area contributed by atoms with Crippen LogP contribution in [0.2, 0.25) is 0 Å². The number of pyridine rings is 1. The number of imidazole rings is 1. The molecule has 3 aromatic heterocycles. The lowest BCUT2D eigenvalue weighted by atomic mass is 10.2. The number of nitrogens with zero attached hydrogens (tertiary/aromatic N) is 4. The van der Waals surface area contributed by atoms with Crippen LogP contribution in [-0.4, -0.2) is 42.1 Å². The van der Waals surface area contributed by atoms with Gasteiger partial charge in [-0.25, -0.2) is 4.98 Å². The van der Waals surface area contributed by atoms with Crippen LogP contribution in [0.4, 0.5) is 5.82 Å². The second kappa shape index (κ2) is 10.2. The zero-order valence-electron chi connectivity index (χ0n) is 18.7. The van der Waals surface area contributed by atoms with Gasteiger partial charge in [-0.1, -0.05) is 35.1 Å². The van der Waals surface area contributed by atoms with Gasteiger partial charge in [-0.3, -0.25) is 14.9 Å². The molecule has 36 heavy (non-hydrogen) atoms. The first-order valence-electron chi connectivity index (χ1n) is 10.8. The molecule has 0 atom stereocenters. The molecule has 5 aromatic rings. The van der Waals surface area contributed by atoms with Gasteiger partial charge in [-0.2, -0.15) is 5.10 Å². The summed E-state index contributed by atoms with van der Waals surface area (Å²) in [5.74, 6) is -0.394. The summed E-state index contributed by atoms with van der Waals surface area (Å²) in [6.45, 7) is 0. The highest BCUT2D eigenvalue weighted by atomic mass is 32.2. The third-order valence-electron chi connectivity index (χ3n) is 5.26. The first kappa shape index (κ1) is 22.9. The predicted molar refractivity (Wildman–Crippen MR) is 139 cm³/mol. The molecule has 178 valence electrons. The van der Waals surface area contributed by atoms with Crippen molar-refractivity contribution in [3.63, 3.8) is 0 Å². The summed E-state index contributed by atoms with van der Waals surface area (Å²) in [4.78, 5) is 25.8. The number of nitrogens with two attached hydrogens (primary N) is 1. The van der Waals surface area contributed by atoms with Crippen molar-refractivity contribution in [1.29, 1.82) is 0 Å². The monoisotopic (exact) mass is 496 g/mol. The van der Waals surface area contributed by atoms with E-state index in [1.165, 1.54) is 18.1 Å². The maximum Gasteiger partial charge on any atom is 0.258 e. The van der Waals surface area contributed by atoms with Crippen LogP contribution >= 0.6 is 11.8 Å². The number of hydrogen-bond acceptors (Lipinski definition) is 7. The lowest BCUT2D eigenvalue weighted by molar-refractivity contribution is 0.102. The van der Waals surface area contributed by atoms with E-state index < -0.39 is 0 Å². The van der Waals surface area contributed by atoms with Crippen LogP contribution in [0.3, 0.4) is 0 Å². The van der Waals surface area contributed by atoms with E-state index in [1.54, 1.807) is 18.3 Å². The quantitative estimate of drug-likeness (QED) is 0.0969. The molecule has 2 aromatic carbocycles. The fraction of sp³-hybridized carbons (Fsp3) is 0. The van der Waals surface area contributed by atoms with E-state index in [1.807, 2.05) is 60.7 Å². The van der Waals surface area contributed by atoms with Gasteiger partial charge < -0.3 is 21.2 Å². The molecule has 0 spiro atoms. The molecule has 11 heteroatoms. The molecular formula is C25H20N8O2S. The van der Waals surface area contributed by atoms with Gasteiger partial charge in [0, 0.05) is 21.4 Å². The van der Waals surface area contributed by atoms with Gasteiger partial charge in [0.2, 0.25) is 0 Å². The average molecular weight is 497 g/mol. The SMILES string of the molecule is N/C(=N\O)c1[nH]cnc1NC(=O)c1ccccc1Sc1ccc2c(/C=C/c3ccccn3)n[nH]c2c1. The lowest BCUT2D eigenvalue weighted by Gasteiger charge is -2.10. The molecule has 5 rings (SSSR count). The highest BCUT2D eigenvalue weighted by molar-refractivity contribution is 7.99. The van der Waals surface area contributed by atoms with Gasteiger partial charge >= 0.3 is 0 Å². The third kappa shape index (κ3) is 4.81. The van der Waals surface area contributed by atoms with Crippen molar-refractivity contribution in [3.05, 3.63) is 95.8 Å². The smallest absolute Gasteiger partial charge is 0.258 e. The molecule has 3 heterocycles. The number of oxime groups is 1. The molecule has 0 bridgehead atoms. The topological polar surface area (TPSA) is 158 Å². The number of fused-ring (bicyclic) bond motifs is 1. The van der Waals surface area contributed by atoms with Crippen LogP contribution in [-0.2, 0) is 0 Å². The van der Waals surface area contributed by atoms with Gasteiger partial charge in [0.05, 0.1) is 28.8 Å². The molecule has 0 aliphatic heterocycles. The predicted octanol–water partition coefficient (Wildman–Crippen LogP) is 4.35. The molecule has 10 nitrogen and oxygen atoms in total. The first-order valence-corrected chi connectivity index (χ1v) is 11.6. The molecule has 0 saturated carbocycles. The number of amidine groups is 1. The number of hydrogen-bond donors (Lipinski definition) is 5. The molecular weight excluding hydrogens is 476 g/mol. The summed E-state index contributed by atoms with van der Waals surface area (Å²) >= 11 is 1.45. The summed E-state index contributed by atoms with van der Waals surface area (Å²) in [7, 11) is 0. The Kier molecular flexibility index (Phi) is 6.45. The molecule has 0 aliphatic rings. The summed E-state index contributed by atoms with van der Waals surface area (Å²) in [6, 6.07) is 18.9. The van der Waals surface area contributed by atoms with Gasteiger partial charge in [-0.05, 0) is 54.6 Å². The number of anilines is 1. The van der Waals surface area contributed by atoms with Gasteiger partial charge in [0.25, 0.3) is 5.91 Å². The Morgan fingerprint density at radius 2 is 1.94 bits per heavy atom. The number of carbonyl (C=O) groups excluding carboxylic acids is 1. The summed E-state index contributed by atoms with van der Waals surface area (Å²) in [6.07, 6.45) is 6.93. The van der Waals surface area contributed by atoms with E-state index in [9.17, 15) is 4.79 Å². The molecule has 0 aliphatic carbocycles. The van der Waals surface area contributed by atoms with E-state index in [4.69, 9.17) is 10.9 Å². The van der Waals surface area contributed by atoms with Gasteiger partial charge in [0.15, 0.2) is 11.7 Å². The Labute approximate surface area is 209 Å². The number of rotatable bonds is 7. The summed E-state index contributed by atoms with van der Waals surface area (Å²) in [5.41, 5.74) is 8.85. The van der Waals surface area contributed by atoms with Crippen LogP contribution in [0.15, 0.2) is 88.1 Å². The summed E-state index contributed by atoms with van der Waals surface area (Å²) < 4.78 is 0. The molecule has 6 N–H and O–H groups in total. The number of benzene rings is 2. The normalized spacial score (nSPS) is 11.8. The van der Waals surface area contributed by atoms with E-state index >= 15 is 0 Å². The maximum absolute atomic E-state index is 13.0. The Bertz CT molecular complexity index is 1590. The van der Waals surface area contributed by atoms with Crippen LogP contribution in [0.1, 0.15) is 27.4 Å². The van der Waals surface area contributed by atoms with Crippen LogP contribution in [0.5, 0.6) is 0 Å². The van der Waals surface area contributed by atoms with Crippen molar-refractivity contribution in [2.24, 2.45) is 10.9 Å². The fourth-order valence-corrected chi connectivity index (χ4v) is 4.51. The number of carbonyl (C=O) groups is 1. The zero-order valence-corrected chi connectivity index (χ0v) is 19.5. The van der Waals surface area contributed by atoms with Crippen LogP contribution in [0, 0.1) is 0 Å². The number of H-pyrrole nitrogens is 2. The minimum atomic E-state index is -0.373. The minimum Gasteiger partial charge on any atom is -0.409 e. The average Bonchev–Trinajstić information content (AvgIpc) is 3.54. The highest BCUT2D eigenvalue weighted by Crippen LogP contribution is 2.33. The molecule has 0 radical (unpaired) electrons. The number of aromatic amines is 2. The Balaban J connectivity index is 1.36. The Hall–Kier alpha value is -4.90. The second-order valence-electron chi connectivity index (χ2n) is 7.57. The molecule has 0 unspecified atom stereocenters. The van der Waals surface area contributed by atoms with E-state index in [0.717, 1.165) is 32.1 Å². The number of amides is 1. The minimum absolute atomic E-state index is 0.167. The van der Waals surface area contributed by atoms with Crippen molar-refractivity contribution < 1.29 is 10.0 Å². The highest BCUT2D eigenvalue weighted by Gasteiger charge is 2.17. The third-order valence-corrected chi connectivity index (χ3v) is 6.32. The van der Waals surface area contributed by atoms with Crippen molar-refractivity contribution in [3.8, 4) is 0 Å². The van der Waals surface area contributed by atoms with Gasteiger partial charge in [-0.15, -0.1) is 0 Å². The number of aromatic nitrogens is 5. The standard InChI is InChI=1S/C25H20N8O2S/c26-23(33-35)22-24(29-14-28-22)30-25(34)18-6-1-2-7-21(18)36-16-9-10-17-19(31-32-20(17)13-16)11-8-15-5-3-4-12-27-15/h1-14,35H,(H2,26,33)(H,28,29)(H,30,34)(H,31,32)/b11-8+. The molecule has 0 fully saturated rings. The fourth-order valence-electron chi connectivity index (χ4n) is 3.53. The second-order valence-corrected chi connectivity index (χ2v) is 8.68. The van der Waals surface area contributed by atoms with Crippen LogP contribution < -0.4 is 11.1 Å². The lowest BCUT2D eigenvalue weighted by Crippen LogP contribution is -2.19. The van der Waals surface area contributed by atoms with Gasteiger partial charge in [0.1, 0.15) is 5.69 Å².